The molecule has 2 nitrogen and oxygen atoms in total. The molecule has 0 aliphatic rings. The van der Waals surface area contributed by atoms with Gasteiger partial charge in [-0.2, -0.15) is 0 Å². The Morgan fingerprint density at radius 1 is 1.06 bits per heavy atom. The average molecular weight is 250 g/mol. The van der Waals surface area contributed by atoms with Crippen LogP contribution >= 0.6 is 0 Å². The van der Waals surface area contributed by atoms with Crippen molar-refractivity contribution >= 4 is 0 Å². The Morgan fingerprint density at radius 3 is 2.28 bits per heavy atom. The van der Waals surface area contributed by atoms with Crippen LogP contribution in [0.2, 0.25) is 0 Å². The topological polar surface area (TPSA) is 29.5 Å². The van der Waals surface area contributed by atoms with Gasteiger partial charge in [-0.1, -0.05) is 33.6 Å². The van der Waals surface area contributed by atoms with E-state index in [1.54, 1.807) is 0 Å². The minimum absolute atomic E-state index is 0.408. The zero-order valence-corrected chi connectivity index (χ0v) is 12.2. The van der Waals surface area contributed by atoms with Crippen molar-refractivity contribution in [3.05, 3.63) is 22.8 Å². The molecular weight excluding hydrogens is 224 g/mol. The fourth-order valence-electron chi connectivity index (χ4n) is 2.25. The first-order chi connectivity index (χ1) is 8.65. The van der Waals surface area contributed by atoms with Gasteiger partial charge in [-0.05, 0) is 43.4 Å². The molecule has 0 aliphatic carbocycles. The van der Waals surface area contributed by atoms with Gasteiger partial charge >= 0.3 is 0 Å². The summed E-state index contributed by atoms with van der Waals surface area (Å²) in [6.45, 7) is 9.16. The van der Waals surface area contributed by atoms with Crippen molar-refractivity contribution in [2.75, 3.05) is 6.61 Å². The summed E-state index contributed by atoms with van der Waals surface area (Å²) < 4.78 is 5.95. The van der Waals surface area contributed by atoms with E-state index in [0.29, 0.717) is 5.75 Å². The molecule has 0 atom stereocenters. The number of hydrogen-bond donors (Lipinski definition) is 1. The van der Waals surface area contributed by atoms with Gasteiger partial charge in [0, 0.05) is 5.56 Å². The molecule has 0 amide bonds. The van der Waals surface area contributed by atoms with Crippen LogP contribution in [0.15, 0.2) is 6.07 Å². The van der Waals surface area contributed by atoms with Crippen LogP contribution in [0.5, 0.6) is 11.5 Å². The van der Waals surface area contributed by atoms with Gasteiger partial charge in [0.25, 0.3) is 0 Å². The molecule has 0 heterocycles. The van der Waals surface area contributed by atoms with Crippen LogP contribution in [-0.4, -0.2) is 11.7 Å². The molecule has 0 radical (unpaired) electrons. The SMILES string of the molecule is CCCOc1c(CCC)cc(O)c(C)c1CCC. The van der Waals surface area contributed by atoms with Crippen LogP contribution in [0, 0.1) is 6.92 Å². The van der Waals surface area contributed by atoms with Gasteiger partial charge < -0.3 is 9.84 Å². The third-order valence-electron chi connectivity index (χ3n) is 3.18. The number of benzene rings is 1. The van der Waals surface area contributed by atoms with Crippen molar-refractivity contribution < 1.29 is 9.84 Å². The Balaban J connectivity index is 3.23. The molecule has 0 unspecified atom stereocenters. The van der Waals surface area contributed by atoms with Crippen molar-refractivity contribution in [1.29, 1.82) is 0 Å². The van der Waals surface area contributed by atoms with Gasteiger partial charge in [-0.3, -0.25) is 0 Å². The molecule has 102 valence electrons. The standard InChI is InChI=1S/C16H26O2/c1-5-8-13-11-15(17)12(4)14(9-6-2)16(13)18-10-7-3/h11,17H,5-10H2,1-4H3. The molecular formula is C16H26O2. The Hall–Kier alpha value is -1.18. The highest BCUT2D eigenvalue weighted by Gasteiger charge is 2.15. The molecule has 1 N–H and O–H groups in total. The van der Waals surface area contributed by atoms with E-state index in [1.807, 2.05) is 13.0 Å². The number of phenols is 1. The van der Waals surface area contributed by atoms with E-state index >= 15 is 0 Å². The summed E-state index contributed by atoms with van der Waals surface area (Å²) in [5, 5.41) is 10.0. The fraction of sp³-hybridized carbons (Fsp3) is 0.625. The first-order valence-corrected chi connectivity index (χ1v) is 7.12. The lowest BCUT2D eigenvalue weighted by molar-refractivity contribution is 0.309. The number of aromatic hydroxyl groups is 1. The van der Waals surface area contributed by atoms with Crippen molar-refractivity contribution in [3.63, 3.8) is 0 Å². The predicted molar refractivity (Wildman–Crippen MR) is 76.6 cm³/mol. The normalized spacial score (nSPS) is 10.7. The Labute approximate surface area is 111 Å². The lowest BCUT2D eigenvalue weighted by atomic mass is 9.96. The molecule has 0 fully saturated rings. The number of aryl methyl sites for hydroxylation is 1. The highest BCUT2D eigenvalue weighted by Crippen LogP contribution is 2.35. The van der Waals surface area contributed by atoms with Crippen molar-refractivity contribution in [2.45, 2.75) is 59.8 Å². The van der Waals surface area contributed by atoms with E-state index in [1.165, 1.54) is 5.56 Å². The third-order valence-corrected chi connectivity index (χ3v) is 3.18. The number of ether oxygens (including phenoxy) is 1. The summed E-state index contributed by atoms with van der Waals surface area (Å²) in [5.74, 6) is 1.43. The van der Waals surface area contributed by atoms with Gasteiger partial charge in [0.1, 0.15) is 11.5 Å². The van der Waals surface area contributed by atoms with Gasteiger partial charge in [0.2, 0.25) is 0 Å². The first-order valence-electron chi connectivity index (χ1n) is 7.12. The van der Waals surface area contributed by atoms with Crippen molar-refractivity contribution in [1.82, 2.24) is 0 Å². The van der Waals surface area contributed by atoms with Gasteiger partial charge in [-0.25, -0.2) is 0 Å². The minimum atomic E-state index is 0.408. The molecule has 0 aliphatic heterocycles. The van der Waals surface area contributed by atoms with Crippen LogP contribution in [0.1, 0.15) is 56.7 Å². The van der Waals surface area contributed by atoms with E-state index in [9.17, 15) is 5.11 Å². The first kappa shape index (κ1) is 14.9. The number of hydrogen-bond acceptors (Lipinski definition) is 2. The Bertz CT molecular complexity index is 383. The second-order valence-electron chi connectivity index (χ2n) is 4.84. The summed E-state index contributed by atoms with van der Waals surface area (Å²) in [6.07, 6.45) is 5.07. The second kappa shape index (κ2) is 7.30. The number of rotatable bonds is 7. The quantitative estimate of drug-likeness (QED) is 0.777. The maximum atomic E-state index is 10.0. The molecule has 18 heavy (non-hydrogen) atoms. The maximum absolute atomic E-state index is 10.0. The van der Waals surface area contributed by atoms with E-state index in [2.05, 4.69) is 20.8 Å². The van der Waals surface area contributed by atoms with Gasteiger partial charge in [-0.15, -0.1) is 0 Å². The molecule has 1 rings (SSSR count). The Morgan fingerprint density at radius 2 is 1.72 bits per heavy atom. The van der Waals surface area contributed by atoms with Gasteiger partial charge in [0.15, 0.2) is 0 Å². The van der Waals surface area contributed by atoms with Crippen LogP contribution in [-0.2, 0) is 12.8 Å². The number of phenolic OH excluding ortho intramolecular Hbond substituents is 1. The van der Waals surface area contributed by atoms with E-state index in [0.717, 1.165) is 55.6 Å². The van der Waals surface area contributed by atoms with Crippen LogP contribution in [0.4, 0.5) is 0 Å². The largest absolute Gasteiger partial charge is 0.508 e. The zero-order chi connectivity index (χ0) is 13.5. The molecule has 1 aromatic carbocycles. The van der Waals surface area contributed by atoms with E-state index in [4.69, 9.17) is 4.74 Å². The molecule has 0 saturated carbocycles. The van der Waals surface area contributed by atoms with Crippen LogP contribution < -0.4 is 4.74 Å². The molecule has 0 bridgehead atoms. The van der Waals surface area contributed by atoms with Crippen molar-refractivity contribution in [3.8, 4) is 11.5 Å². The summed E-state index contributed by atoms with van der Waals surface area (Å²) in [6, 6.07) is 1.88. The lowest BCUT2D eigenvalue weighted by Gasteiger charge is -2.18. The fourth-order valence-corrected chi connectivity index (χ4v) is 2.25. The van der Waals surface area contributed by atoms with E-state index in [-0.39, 0.29) is 0 Å². The molecule has 2 heteroatoms. The summed E-state index contributed by atoms with van der Waals surface area (Å²) >= 11 is 0. The smallest absolute Gasteiger partial charge is 0.126 e. The van der Waals surface area contributed by atoms with Gasteiger partial charge in [0.05, 0.1) is 6.61 Å². The average Bonchev–Trinajstić information content (AvgIpc) is 2.35. The molecule has 0 aromatic heterocycles. The minimum Gasteiger partial charge on any atom is -0.508 e. The summed E-state index contributed by atoms with van der Waals surface area (Å²) in [7, 11) is 0. The zero-order valence-electron chi connectivity index (χ0n) is 12.2. The third kappa shape index (κ3) is 3.41. The maximum Gasteiger partial charge on any atom is 0.126 e. The summed E-state index contributed by atoms with van der Waals surface area (Å²) in [5.41, 5.74) is 3.31. The van der Waals surface area contributed by atoms with Crippen LogP contribution in [0.3, 0.4) is 0 Å². The second-order valence-corrected chi connectivity index (χ2v) is 4.84. The lowest BCUT2D eigenvalue weighted by Crippen LogP contribution is -2.05. The molecule has 1 aromatic rings. The summed E-state index contributed by atoms with van der Waals surface area (Å²) in [4.78, 5) is 0. The van der Waals surface area contributed by atoms with Crippen molar-refractivity contribution in [2.24, 2.45) is 0 Å². The van der Waals surface area contributed by atoms with E-state index < -0.39 is 0 Å². The highest BCUT2D eigenvalue weighted by atomic mass is 16.5. The monoisotopic (exact) mass is 250 g/mol. The Kier molecular flexibility index (Phi) is 6.03. The molecule has 0 saturated heterocycles. The predicted octanol–water partition coefficient (Wildman–Crippen LogP) is 4.39. The highest BCUT2D eigenvalue weighted by molar-refractivity contribution is 5.53. The van der Waals surface area contributed by atoms with Crippen LogP contribution in [0.25, 0.3) is 0 Å². The molecule has 0 spiro atoms.